The largest absolute Gasteiger partial charge is 0.310 e. The van der Waals surface area contributed by atoms with Crippen LogP contribution in [0.15, 0.2) is 249 Å². The first kappa shape index (κ1) is 38.7. The number of nitrogens with zero attached hydrogens (tertiary/aromatic N) is 1. The summed E-state index contributed by atoms with van der Waals surface area (Å²) in [5, 5.41) is 0. The van der Waals surface area contributed by atoms with E-state index in [4.69, 9.17) is 0 Å². The van der Waals surface area contributed by atoms with E-state index < -0.39 is 5.41 Å². The van der Waals surface area contributed by atoms with E-state index in [-0.39, 0.29) is 5.41 Å². The molecule has 10 aromatic carbocycles. The van der Waals surface area contributed by atoms with Crippen LogP contribution in [0.2, 0.25) is 0 Å². The molecule has 1 spiro atoms. The van der Waals surface area contributed by atoms with Gasteiger partial charge in [0, 0.05) is 22.4 Å². The molecule has 0 saturated carbocycles. The molecule has 0 radical (unpaired) electrons. The van der Waals surface area contributed by atoms with Gasteiger partial charge < -0.3 is 4.90 Å². The third kappa shape index (κ3) is 6.07. The molecular formula is C64H47N. The fourth-order valence-corrected chi connectivity index (χ4v) is 11.3. The average Bonchev–Trinajstić information content (AvgIpc) is 3.67. The second-order valence-electron chi connectivity index (χ2n) is 18.0. The van der Waals surface area contributed by atoms with Crippen LogP contribution < -0.4 is 4.90 Å². The fourth-order valence-electron chi connectivity index (χ4n) is 11.3. The van der Waals surface area contributed by atoms with Gasteiger partial charge in [-0.1, -0.05) is 226 Å². The van der Waals surface area contributed by atoms with Gasteiger partial charge in [-0.15, -0.1) is 0 Å². The number of fused-ring (bicyclic) bond motifs is 9. The van der Waals surface area contributed by atoms with Crippen molar-refractivity contribution in [2.24, 2.45) is 0 Å². The predicted molar refractivity (Wildman–Crippen MR) is 272 cm³/mol. The summed E-state index contributed by atoms with van der Waals surface area (Å²) in [5.74, 6) is 0. The minimum Gasteiger partial charge on any atom is -0.310 e. The Balaban J connectivity index is 1.09. The van der Waals surface area contributed by atoms with Crippen molar-refractivity contribution in [3.63, 3.8) is 0 Å². The lowest BCUT2D eigenvalue weighted by atomic mass is 9.54. The highest BCUT2D eigenvalue weighted by molar-refractivity contribution is 5.94. The molecular weight excluding hydrogens is 783 g/mol. The Morgan fingerprint density at radius 3 is 1.38 bits per heavy atom. The molecule has 0 unspecified atom stereocenters. The quantitative estimate of drug-likeness (QED) is 0.155. The summed E-state index contributed by atoms with van der Waals surface area (Å²) in [6, 6.07) is 91.9. The van der Waals surface area contributed by atoms with Crippen molar-refractivity contribution in [3.8, 4) is 55.6 Å². The van der Waals surface area contributed by atoms with Crippen molar-refractivity contribution in [2.45, 2.75) is 24.7 Å². The minimum atomic E-state index is -0.458. The fraction of sp³-hybridized carbons (Fsp3) is 0.0625. The van der Waals surface area contributed by atoms with E-state index in [1.54, 1.807) is 0 Å². The van der Waals surface area contributed by atoms with Crippen molar-refractivity contribution in [3.05, 3.63) is 282 Å². The number of benzene rings is 10. The average molecular weight is 830 g/mol. The zero-order chi connectivity index (χ0) is 43.5. The van der Waals surface area contributed by atoms with E-state index in [0.29, 0.717) is 0 Å². The third-order valence-corrected chi connectivity index (χ3v) is 14.1. The number of anilines is 3. The smallest absolute Gasteiger partial charge is 0.0719 e. The second kappa shape index (κ2) is 15.4. The van der Waals surface area contributed by atoms with Crippen LogP contribution in [-0.2, 0) is 10.8 Å². The predicted octanol–water partition coefficient (Wildman–Crippen LogP) is 16.8. The lowest BCUT2D eigenvalue weighted by Crippen LogP contribution is -2.41. The summed E-state index contributed by atoms with van der Waals surface area (Å²) in [6.45, 7) is 4.86. The maximum Gasteiger partial charge on any atom is 0.0719 e. The summed E-state index contributed by atoms with van der Waals surface area (Å²) in [5.41, 5.74) is 22.9. The first-order valence-electron chi connectivity index (χ1n) is 22.8. The maximum atomic E-state index is 2.45. The molecule has 10 aromatic rings. The Kier molecular flexibility index (Phi) is 9.14. The summed E-state index contributed by atoms with van der Waals surface area (Å²) in [7, 11) is 0. The van der Waals surface area contributed by atoms with Crippen LogP contribution >= 0.6 is 0 Å². The van der Waals surface area contributed by atoms with E-state index in [9.17, 15) is 0 Å². The van der Waals surface area contributed by atoms with Crippen LogP contribution in [0.3, 0.4) is 0 Å². The summed E-state index contributed by atoms with van der Waals surface area (Å²) < 4.78 is 0. The zero-order valence-corrected chi connectivity index (χ0v) is 36.6. The first-order valence-corrected chi connectivity index (χ1v) is 22.8. The minimum absolute atomic E-state index is 0.295. The third-order valence-electron chi connectivity index (χ3n) is 14.1. The van der Waals surface area contributed by atoms with Crippen molar-refractivity contribution >= 4 is 17.1 Å². The molecule has 0 atom stereocenters. The molecule has 0 fully saturated rings. The van der Waals surface area contributed by atoms with Gasteiger partial charge >= 0.3 is 0 Å². The Hall–Kier alpha value is -8.00. The molecule has 1 nitrogen and oxygen atoms in total. The van der Waals surface area contributed by atoms with Crippen molar-refractivity contribution in [1.29, 1.82) is 0 Å². The van der Waals surface area contributed by atoms with Crippen LogP contribution in [0, 0.1) is 0 Å². The molecule has 0 aliphatic heterocycles. The standard InChI is InChI=1S/C64H47N/c1-63(2)58-33-16-17-34-59(58)64(56-31-14-12-28-53(56)54-29-13-15-32-57(54)64)60-35-19-30-52(62(60)63)49-26-18-27-51(42-49)65(50-39-36-46(37-40-50)44-20-6-3-7-21-44)61-41-38-48(45-22-8-4-9-23-45)43-55(61)47-24-10-5-11-25-47/h3-43H,1-2H3. The van der Waals surface area contributed by atoms with E-state index in [1.165, 1.54) is 89.0 Å². The molecule has 2 aliphatic carbocycles. The van der Waals surface area contributed by atoms with Gasteiger partial charge in [-0.25, -0.2) is 0 Å². The molecule has 0 amide bonds. The van der Waals surface area contributed by atoms with E-state index in [0.717, 1.165) is 17.1 Å². The summed E-state index contributed by atoms with van der Waals surface area (Å²) in [6.07, 6.45) is 0. The van der Waals surface area contributed by atoms with Crippen LogP contribution in [0.25, 0.3) is 55.6 Å². The monoisotopic (exact) mass is 829 g/mol. The van der Waals surface area contributed by atoms with Crippen LogP contribution in [0.4, 0.5) is 17.1 Å². The van der Waals surface area contributed by atoms with Gasteiger partial charge in [-0.3, -0.25) is 0 Å². The SMILES string of the molecule is CC1(C)c2ccccc2C2(c3ccccc3-c3ccccc32)c2cccc(-c3cccc(N(c4ccc(-c5ccccc5)cc4)c4ccc(-c5ccccc5)cc4-c4ccccc4)c3)c21. The van der Waals surface area contributed by atoms with Gasteiger partial charge in [0.25, 0.3) is 0 Å². The second-order valence-corrected chi connectivity index (χ2v) is 18.0. The number of rotatable bonds is 7. The molecule has 65 heavy (non-hydrogen) atoms. The molecule has 308 valence electrons. The highest BCUT2D eigenvalue weighted by Crippen LogP contribution is 2.63. The van der Waals surface area contributed by atoms with Gasteiger partial charge in [-0.05, 0) is 120 Å². The summed E-state index contributed by atoms with van der Waals surface area (Å²) >= 11 is 0. The molecule has 0 N–H and O–H groups in total. The lowest BCUT2D eigenvalue weighted by Gasteiger charge is -2.47. The van der Waals surface area contributed by atoms with Gasteiger partial charge in [-0.2, -0.15) is 0 Å². The van der Waals surface area contributed by atoms with Crippen molar-refractivity contribution in [2.75, 3.05) is 4.90 Å². The first-order chi connectivity index (χ1) is 32.0. The van der Waals surface area contributed by atoms with Crippen LogP contribution in [0.1, 0.15) is 47.2 Å². The Morgan fingerprint density at radius 1 is 0.277 bits per heavy atom. The molecule has 0 bridgehead atoms. The topological polar surface area (TPSA) is 3.24 Å². The summed E-state index contributed by atoms with van der Waals surface area (Å²) in [4.78, 5) is 2.45. The normalized spacial score (nSPS) is 13.6. The molecule has 0 heterocycles. The zero-order valence-electron chi connectivity index (χ0n) is 36.6. The molecule has 1 heteroatoms. The molecule has 2 aliphatic rings. The van der Waals surface area contributed by atoms with Crippen molar-refractivity contribution < 1.29 is 0 Å². The Labute approximate surface area is 382 Å². The van der Waals surface area contributed by atoms with Crippen molar-refractivity contribution in [1.82, 2.24) is 0 Å². The number of hydrogen-bond acceptors (Lipinski definition) is 1. The van der Waals surface area contributed by atoms with E-state index in [2.05, 4.69) is 267 Å². The highest BCUT2D eigenvalue weighted by atomic mass is 15.1. The van der Waals surface area contributed by atoms with Crippen LogP contribution in [-0.4, -0.2) is 0 Å². The Morgan fingerprint density at radius 2 is 0.738 bits per heavy atom. The van der Waals surface area contributed by atoms with Gasteiger partial charge in [0.05, 0.1) is 11.1 Å². The van der Waals surface area contributed by atoms with Gasteiger partial charge in [0.1, 0.15) is 0 Å². The van der Waals surface area contributed by atoms with Gasteiger partial charge in [0.15, 0.2) is 0 Å². The van der Waals surface area contributed by atoms with Gasteiger partial charge in [0.2, 0.25) is 0 Å². The molecule has 0 saturated heterocycles. The molecule has 12 rings (SSSR count). The highest BCUT2D eigenvalue weighted by Gasteiger charge is 2.53. The van der Waals surface area contributed by atoms with E-state index >= 15 is 0 Å². The lowest BCUT2D eigenvalue weighted by molar-refractivity contribution is 0.565. The molecule has 0 aromatic heterocycles. The van der Waals surface area contributed by atoms with Crippen LogP contribution in [0.5, 0.6) is 0 Å². The van der Waals surface area contributed by atoms with E-state index in [1.807, 2.05) is 0 Å². The number of hydrogen-bond donors (Lipinski definition) is 0. The Bertz CT molecular complexity index is 3340. The maximum absolute atomic E-state index is 2.45.